The molecular formula is C19H21NO4. The Hall–Kier alpha value is -2.74. The van der Waals surface area contributed by atoms with Crippen LogP contribution in [-0.4, -0.2) is 28.8 Å². The molecule has 0 aliphatic carbocycles. The van der Waals surface area contributed by atoms with E-state index in [-0.39, 0.29) is 12.4 Å². The lowest BCUT2D eigenvalue weighted by molar-refractivity contribution is -0.141. The lowest BCUT2D eigenvalue weighted by Crippen LogP contribution is -2.26. The van der Waals surface area contributed by atoms with Crippen molar-refractivity contribution in [3.63, 3.8) is 0 Å². The van der Waals surface area contributed by atoms with Gasteiger partial charge in [-0.15, -0.1) is 0 Å². The summed E-state index contributed by atoms with van der Waals surface area (Å²) in [6, 6.07) is 7.32. The number of carbonyl (C=O) groups excluding carboxylic acids is 2. The van der Waals surface area contributed by atoms with E-state index in [1.54, 1.807) is 19.2 Å². The number of aromatic nitrogens is 1. The van der Waals surface area contributed by atoms with E-state index in [4.69, 9.17) is 9.47 Å². The summed E-state index contributed by atoms with van der Waals surface area (Å²) in [5.41, 5.74) is 0.973. The molecule has 0 radical (unpaired) electrons. The minimum absolute atomic E-state index is 0.0603. The molecule has 126 valence electrons. The summed E-state index contributed by atoms with van der Waals surface area (Å²) in [7, 11) is 0. The Balaban J connectivity index is 2.18. The highest BCUT2D eigenvalue weighted by molar-refractivity contribution is 5.90. The summed E-state index contributed by atoms with van der Waals surface area (Å²) < 4.78 is 11.7. The van der Waals surface area contributed by atoms with Crippen LogP contribution < -0.4 is 0 Å². The van der Waals surface area contributed by atoms with Crippen molar-refractivity contribution in [1.82, 2.24) is 4.57 Å². The number of rotatable bonds is 2. The van der Waals surface area contributed by atoms with E-state index in [1.807, 2.05) is 39.0 Å². The molecule has 24 heavy (non-hydrogen) atoms. The van der Waals surface area contributed by atoms with Gasteiger partial charge in [0.2, 0.25) is 0 Å². The third-order valence-corrected chi connectivity index (χ3v) is 3.05. The van der Waals surface area contributed by atoms with Gasteiger partial charge in [0, 0.05) is 17.1 Å². The van der Waals surface area contributed by atoms with E-state index in [0.29, 0.717) is 6.61 Å². The lowest BCUT2D eigenvalue weighted by atomic mass is 10.1. The summed E-state index contributed by atoms with van der Waals surface area (Å²) >= 11 is 0. The smallest absolute Gasteiger partial charge is 0.418 e. The van der Waals surface area contributed by atoms with Gasteiger partial charge in [0.25, 0.3) is 0 Å². The fourth-order valence-electron chi connectivity index (χ4n) is 2.12. The molecular weight excluding hydrogens is 306 g/mol. The predicted octanol–water partition coefficient (Wildman–Crippen LogP) is 3.73. The van der Waals surface area contributed by atoms with Crippen LogP contribution in [0.15, 0.2) is 30.5 Å². The zero-order chi connectivity index (χ0) is 17.7. The van der Waals surface area contributed by atoms with Crippen molar-refractivity contribution in [2.75, 3.05) is 6.61 Å². The lowest BCUT2D eigenvalue weighted by Gasteiger charge is -2.19. The third-order valence-electron chi connectivity index (χ3n) is 3.05. The third kappa shape index (κ3) is 4.63. The second-order valence-corrected chi connectivity index (χ2v) is 6.22. The van der Waals surface area contributed by atoms with Gasteiger partial charge in [-0.3, -0.25) is 9.36 Å². The maximum absolute atomic E-state index is 12.2. The topological polar surface area (TPSA) is 57.5 Å². The Morgan fingerprint density at radius 2 is 1.96 bits per heavy atom. The van der Waals surface area contributed by atoms with Gasteiger partial charge in [-0.05, 0) is 52.0 Å². The van der Waals surface area contributed by atoms with Crippen LogP contribution in [0.5, 0.6) is 0 Å². The molecule has 0 amide bonds. The molecule has 1 aromatic heterocycles. The molecule has 0 fully saturated rings. The highest BCUT2D eigenvalue weighted by Crippen LogP contribution is 2.19. The highest BCUT2D eigenvalue weighted by atomic mass is 16.6. The average Bonchev–Trinajstić information content (AvgIpc) is 2.89. The zero-order valence-corrected chi connectivity index (χ0v) is 14.4. The predicted molar refractivity (Wildman–Crippen MR) is 91.7 cm³/mol. The van der Waals surface area contributed by atoms with Crippen molar-refractivity contribution < 1.29 is 19.1 Å². The maximum Gasteiger partial charge on any atom is 0.418 e. The van der Waals surface area contributed by atoms with Crippen LogP contribution in [0.4, 0.5) is 4.79 Å². The zero-order valence-electron chi connectivity index (χ0n) is 14.4. The van der Waals surface area contributed by atoms with Gasteiger partial charge in [0.05, 0.1) is 12.1 Å². The Morgan fingerprint density at radius 3 is 2.62 bits per heavy atom. The quantitative estimate of drug-likeness (QED) is 0.623. The van der Waals surface area contributed by atoms with Crippen molar-refractivity contribution >= 4 is 23.0 Å². The number of hydrogen-bond acceptors (Lipinski definition) is 4. The van der Waals surface area contributed by atoms with E-state index < -0.39 is 11.7 Å². The molecule has 0 N–H and O–H groups in total. The average molecular weight is 327 g/mol. The molecule has 0 aliphatic rings. The minimum atomic E-state index is -0.549. The van der Waals surface area contributed by atoms with Gasteiger partial charge in [-0.2, -0.15) is 0 Å². The fraction of sp³-hybridized carbons (Fsp3) is 0.368. The summed E-state index contributed by atoms with van der Waals surface area (Å²) in [5.74, 6) is 5.38. The van der Waals surface area contributed by atoms with Crippen molar-refractivity contribution in [3.05, 3.63) is 36.0 Å². The Bertz CT molecular complexity index is 815. The fourth-order valence-corrected chi connectivity index (χ4v) is 2.12. The highest BCUT2D eigenvalue weighted by Gasteiger charge is 2.18. The van der Waals surface area contributed by atoms with Crippen molar-refractivity contribution in [3.8, 4) is 11.8 Å². The van der Waals surface area contributed by atoms with Crippen molar-refractivity contribution in [2.45, 2.75) is 39.7 Å². The van der Waals surface area contributed by atoms with Crippen LogP contribution in [0, 0.1) is 11.8 Å². The molecule has 0 aliphatic heterocycles. The van der Waals surface area contributed by atoms with Crippen LogP contribution in [0.3, 0.4) is 0 Å². The molecule has 5 heteroatoms. The molecule has 0 bridgehead atoms. The van der Waals surface area contributed by atoms with Crippen molar-refractivity contribution in [1.29, 1.82) is 0 Å². The molecule has 1 aromatic carbocycles. The second kappa shape index (κ2) is 7.22. The van der Waals surface area contributed by atoms with E-state index >= 15 is 0 Å². The Morgan fingerprint density at radius 1 is 1.21 bits per heavy atom. The molecule has 5 nitrogen and oxygen atoms in total. The monoisotopic (exact) mass is 327 g/mol. The molecule has 0 unspecified atom stereocenters. The van der Waals surface area contributed by atoms with E-state index in [0.717, 1.165) is 16.5 Å². The summed E-state index contributed by atoms with van der Waals surface area (Å²) in [6.07, 6.45) is 1.32. The first-order valence-corrected chi connectivity index (χ1v) is 7.79. The van der Waals surface area contributed by atoms with Crippen LogP contribution in [0.25, 0.3) is 10.9 Å². The SMILES string of the molecule is CCOC(=O)CC#Cc1ccc2c(ccn2C(=O)OC(C)(C)C)c1. The number of ether oxygens (including phenoxy) is 2. The first-order chi connectivity index (χ1) is 11.3. The maximum atomic E-state index is 12.2. The molecule has 1 heterocycles. The van der Waals surface area contributed by atoms with E-state index in [2.05, 4.69) is 11.8 Å². The van der Waals surface area contributed by atoms with Crippen LogP contribution in [-0.2, 0) is 14.3 Å². The van der Waals surface area contributed by atoms with Crippen molar-refractivity contribution in [2.24, 2.45) is 0 Å². The van der Waals surface area contributed by atoms with Gasteiger partial charge in [-0.25, -0.2) is 4.79 Å². The number of benzene rings is 1. The van der Waals surface area contributed by atoms with Crippen LogP contribution in [0.2, 0.25) is 0 Å². The summed E-state index contributed by atoms with van der Waals surface area (Å²) in [5, 5.41) is 0.879. The van der Waals surface area contributed by atoms with E-state index in [1.165, 1.54) is 4.57 Å². The number of nitrogens with zero attached hydrogens (tertiary/aromatic N) is 1. The molecule has 0 atom stereocenters. The van der Waals surface area contributed by atoms with Gasteiger partial charge in [-0.1, -0.05) is 11.8 Å². The van der Waals surface area contributed by atoms with Gasteiger partial charge in [0.1, 0.15) is 12.0 Å². The number of carbonyl (C=O) groups is 2. The summed E-state index contributed by atoms with van der Waals surface area (Å²) in [4.78, 5) is 23.4. The number of hydrogen-bond donors (Lipinski definition) is 0. The minimum Gasteiger partial charge on any atom is -0.465 e. The molecule has 0 spiro atoms. The Labute approximate surface area is 141 Å². The van der Waals surface area contributed by atoms with Gasteiger partial charge < -0.3 is 9.47 Å². The number of fused-ring (bicyclic) bond motifs is 1. The van der Waals surface area contributed by atoms with E-state index in [9.17, 15) is 9.59 Å². The number of esters is 1. The van der Waals surface area contributed by atoms with Crippen LogP contribution in [0.1, 0.15) is 39.7 Å². The molecule has 0 saturated heterocycles. The standard InChI is InChI=1S/C19H21NO4/c1-5-23-17(21)8-6-7-14-9-10-16-15(13-14)11-12-20(16)18(22)24-19(2,3)4/h9-13H,5,8H2,1-4H3. The van der Waals surface area contributed by atoms with Gasteiger partial charge in [0.15, 0.2) is 0 Å². The summed E-state index contributed by atoms with van der Waals surface area (Å²) in [6.45, 7) is 7.59. The molecule has 2 aromatic rings. The molecule has 0 saturated carbocycles. The molecule has 2 rings (SSSR count). The largest absolute Gasteiger partial charge is 0.465 e. The van der Waals surface area contributed by atoms with Crippen LogP contribution >= 0.6 is 0 Å². The normalized spacial score (nSPS) is 10.8. The first-order valence-electron chi connectivity index (χ1n) is 7.79. The van der Waals surface area contributed by atoms with Gasteiger partial charge >= 0.3 is 12.1 Å². The Kier molecular flexibility index (Phi) is 5.30. The first kappa shape index (κ1) is 17.6. The second-order valence-electron chi connectivity index (χ2n) is 6.22.